The molecule has 1 rings (SSSR count). The lowest BCUT2D eigenvalue weighted by atomic mass is 9.94. The molecule has 0 saturated heterocycles. The van der Waals surface area contributed by atoms with E-state index in [-0.39, 0.29) is 35.2 Å². The van der Waals surface area contributed by atoms with E-state index in [4.69, 9.17) is 5.11 Å². The van der Waals surface area contributed by atoms with Gasteiger partial charge in [0.25, 0.3) is 0 Å². The zero-order chi connectivity index (χ0) is 16.4. The summed E-state index contributed by atoms with van der Waals surface area (Å²) in [6, 6.07) is -0.0363. The lowest BCUT2D eigenvalue weighted by Gasteiger charge is -2.18. The molecule has 0 bridgehead atoms. The molecule has 0 aliphatic heterocycles. The maximum Gasteiger partial charge on any atom is 0.315 e. The number of carboxylic acids is 1. The fourth-order valence-corrected chi connectivity index (χ4v) is 3.13. The van der Waals surface area contributed by atoms with Crippen LogP contribution < -0.4 is 10.6 Å². The van der Waals surface area contributed by atoms with Crippen molar-refractivity contribution in [3.8, 4) is 0 Å². The fraction of sp³-hybridized carbons (Fsp3) is 0.875. The second kappa shape index (κ2) is 6.24. The molecule has 0 heterocycles. The summed E-state index contributed by atoms with van der Waals surface area (Å²) in [5.74, 6) is -0.415. The molecule has 1 saturated carbocycles. The Morgan fingerprint density at radius 2 is 1.67 bits per heavy atom. The van der Waals surface area contributed by atoms with Crippen LogP contribution in [0.3, 0.4) is 0 Å². The van der Waals surface area contributed by atoms with E-state index >= 15 is 0 Å². The van der Waals surface area contributed by atoms with E-state index in [0.29, 0.717) is 12.5 Å². The highest BCUT2D eigenvalue weighted by atomic mass is 16.4. The smallest absolute Gasteiger partial charge is 0.315 e. The Hall–Kier alpha value is -1.26. The maximum absolute atomic E-state index is 12.0. The number of carbonyl (C=O) groups excluding carboxylic acids is 1. The number of hydrogen-bond acceptors (Lipinski definition) is 2. The number of amides is 2. The van der Waals surface area contributed by atoms with Crippen LogP contribution in [-0.4, -0.2) is 29.7 Å². The minimum absolute atomic E-state index is 0.0199. The van der Waals surface area contributed by atoms with Crippen LogP contribution in [0.25, 0.3) is 0 Å². The zero-order valence-corrected chi connectivity index (χ0v) is 14.1. The Morgan fingerprint density at radius 3 is 2.05 bits per heavy atom. The first-order valence-electron chi connectivity index (χ1n) is 7.74. The van der Waals surface area contributed by atoms with Gasteiger partial charge in [0.05, 0.1) is 0 Å². The van der Waals surface area contributed by atoms with Gasteiger partial charge in [-0.2, -0.15) is 0 Å². The van der Waals surface area contributed by atoms with Gasteiger partial charge in [-0.3, -0.25) is 4.79 Å². The molecule has 1 aliphatic rings. The molecule has 0 spiro atoms. The fourth-order valence-electron chi connectivity index (χ4n) is 3.13. The van der Waals surface area contributed by atoms with Gasteiger partial charge in [-0.05, 0) is 29.1 Å². The summed E-state index contributed by atoms with van der Waals surface area (Å²) < 4.78 is 0. The molecule has 3 N–H and O–H groups in total. The first-order chi connectivity index (χ1) is 9.48. The van der Waals surface area contributed by atoms with Gasteiger partial charge >= 0.3 is 12.0 Å². The molecule has 0 radical (unpaired) electrons. The summed E-state index contributed by atoms with van der Waals surface area (Å²) in [6.07, 6.45) is 0.895. The van der Waals surface area contributed by atoms with Gasteiger partial charge in [-0.15, -0.1) is 0 Å². The predicted octanol–water partition coefficient (Wildman–Crippen LogP) is 2.86. The van der Waals surface area contributed by atoms with Crippen molar-refractivity contribution in [2.24, 2.45) is 22.7 Å². The highest BCUT2D eigenvalue weighted by Crippen LogP contribution is 2.62. The summed E-state index contributed by atoms with van der Waals surface area (Å²) in [6.45, 7) is 13.1. The Bertz CT molecular complexity index is 388. The Labute approximate surface area is 127 Å². The van der Waals surface area contributed by atoms with Crippen molar-refractivity contribution >= 4 is 12.0 Å². The largest absolute Gasteiger partial charge is 0.481 e. The van der Waals surface area contributed by atoms with Crippen molar-refractivity contribution in [2.75, 3.05) is 6.54 Å². The molecule has 2 amide bonds. The van der Waals surface area contributed by atoms with E-state index in [1.165, 1.54) is 0 Å². The molecular weight excluding hydrogens is 268 g/mol. The number of carbonyl (C=O) groups is 2. The van der Waals surface area contributed by atoms with Gasteiger partial charge in [-0.25, -0.2) is 4.79 Å². The van der Waals surface area contributed by atoms with Crippen LogP contribution in [0.1, 0.15) is 54.4 Å². The molecule has 1 aliphatic carbocycles. The third-order valence-corrected chi connectivity index (χ3v) is 5.12. The molecule has 5 heteroatoms. The highest BCUT2D eigenvalue weighted by molar-refractivity contribution is 5.75. The van der Waals surface area contributed by atoms with E-state index in [2.05, 4.69) is 52.2 Å². The standard InChI is InChI=1S/C16H30N2O3/c1-10(2)7-11(8-12(19)20)9-17-14(21)18-13-15(3,4)16(13,5)6/h10-11,13H,7-9H2,1-6H3,(H,19,20)(H2,17,18,21). The van der Waals surface area contributed by atoms with Crippen LogP contribution in [0.15, 0.2) is 0 Å². The number of rotatable bonds is 7. The number of carboxylic acid groups (broad SMARTS) is 1. The summed E-state index contributed by atoms with van der Waals surface area (Å²) >= 11 is 0. The van der Waals surface area contributed by atoms with Crippen LogP contribution in [0.5, 0.6) is 0 Å². The number of aliphatic carboxylic acids is 1. The van der Waals surface area contributed by atoms with Gasteiger partial charge in [0, 0.05) is 19.0 Å². The quantitative estimate of drug-likeness (QED) is 0.676. The topological polar surface area (TPSA) is 78.4 Å². The summed E-state index contributed by atoms with van der Waals surface area (Å²) in [7, 11) is 0. The van der Waals surface area contributed by atoms with Crippen LogP contribution in [-0.2, 0) is 4.79 Å². The van der Waals surface area contributed by atoms with Crippen molar-refractivity contribution in [3.05, 3.63) is 0 Å². The third-order valence-electron chi connectivity index (χ3n) is 5.12. The monoisotopic (exact) mass is 298 g/mol. The van der Waals surface area contributed by atoms with Crippen molar-refractivity contribution in [2.45, 2.75) is 60.4 Å². The molecule has 1 unspecified atom stereocenters. The van der Waals surface area contributed by atoms with E-state index in [1.807, 2.05) is 0 Å². The lowest BCUT2D eigenvalue weighted by molar-refractivity contribution is -0.138. The molecule has 0 aromatic carbocycles. The van der Waals surface area contributed by atoms with Crippen molar-refractivity contribution in [3.63, 3.8) is 0 Å². The Balaban J connectivity index is 2.42. The molecule has 1 atom stereocenters. The molecule has 0 aromatic rings. The van der Waals surface area contributed by atoms with Crippen molar-refractivity contribution in [1.29, 1.82) is 0 Å². The minimum Gasteiger partial charge on any atom is -0.481 e. The third kappa shape index (κ3) is 4.35. The molecule has 0 aromatic heterocycles. The molecular formula is C16H30N2O3. The van der Waals surface area contributed by atoms with E-state index < -0.39 is 5.97 Å². The first-order valence-corrected chi connectivity index (χ1v) is 7.74. The molecule has 5 nitrogen and oxygen atoms in total. The Morgan fingerprint density at radius 1 is 1.14 bits per heavy atom. The molecule has 21 heavy (non-hydrogen) atoms. The van der Waals surface area contributed by atoms with E-state index in [9.17, 15) is 9.59 Å². The van der Waals surface area contributed by atoms with E-state index in [0.717, 1.165) is 6.42 Å². The van der Waals surface area contributed by atoms with Gasteiger partial charge < -0.3 is 15.7 Å². The van der Waals surface area contributed by atoms with E-state index in [1.54, 1.807) is 0 Å². The van der Waals surface area contributed by atoms with Crippen LogP contribution in [0, 0.1) is 22.7 Å². The Kier molecular flexibility index (Phi) is 5.29. The summed E-state index contributed by atoms with van der Waals surface area (Å²) in [4.78, 5) is 22.8. The van der Waals surface area contributed by atoms with Crippen LogP contribution in [0.2, 0.25) is 0 Å². The van der Waals surface area contributed by atoms with Gasteiger partial charge in [0.2, 0.25) is 0 Å². The normalized spacial score (nSPS) is 20.9. The summed E-state index contributed by atoms with van der Waals surface area (Å²) in [5, 5.41) is 14.8. The highest BCUT2D eigenvalue weighted by Gasteiger charge is 2.65. The predicted molar refractivity (Wildman–Crippen MR) is 83.1 cm³/mol. The van der Waals surface area contributed by atoms with Crippen LogP contribution >= 0.6 is 0 Å². The van der Waals surface area contributed by atoms with Gasteiger partial charge in [0.1, 0.15) is 0 Å². The van der Waals surface area contributed by atoms with Gasteiger partial charge in [-0.1, -0.05) is 41.5 Å². The SMILES string of the molecule is CC(C)CC(CNC(=O)NC1C(C)(C)C1(C)C)CC(=O)O. The minimum atomic E-state index is -0.813. The zero-order valence-electron chi connectivity index (χ0n) is 14.1. The van der Waals surface area contributed by atoms with Crippen LogP contribution in [0.4, 0.5) is 4.79 Å². The average Bonchev–Trinajstić information content (AvgIpc) is 2.67. The van der Waals surface area contributed by atoms with Gasteiger partial charge in [0.15, 0.2) is 0 Å². The number of hydrogen-bond donors (Lipinski definition) is 3. The number of nitrogens with one attached hydrogen (secondary N) is 2. The second-order valence-electron chi connectivity index (χ2n) is 7.82. The lowest BCUT2D eigenvalue weighted by Crippen LogP contribution is -2.41. The van der Waals surface area contributed by atoms with Crippen molar-refractivity contribution in [1.82, 2.24) is 10.6 Å². The van der Waals surface area contributed by atoms with Crippen molar-refractivity contribution < 1.29 is 14.7 Å². The molecule has 122 valence electrons. The summed E-state index contributed by atoms with van der Waals surface area (Å²) in [5.41, 5.74) is 0.200. The maximum atomic E-state index is 12.0. The average molecular weight is 298 g/mol. The second-order valence-corrected chi connectivity index (χ2v) is 7.82. The first kappa shape index (κ1) is 17.8. The number of urea groups is 1. The molecule has 1 fully saturated rings.